The van der Waals surface area contributed by atoms with Crippen LogP contribution in [0.5, 0.6) is 0 Å². The molecule has 0 radical (unpaired) electrons. The fourth-order valence-electron chi connectivity index (χ4n) is 1.92. The number of nitrogens with zero attached hydrogens (tertiary/aromatic N) is 3. The molecule has 2 atom stereocenters. The van der Waals surface area contributed by atoms with Gasteiger partial charge in [-0.1, -0.05) is 35.5 Å². The molecule has 98 valence electrons. The van der Waals surface area contributed by atoms with Gasteiger partial charge in [0.05, 0.1) is 19.9 Å². The minimum atomic E-state index is -0.535. The van der Waals surface area contributed by atoms with Crippen LogP contribution >= 0.6 is 0 Å². The van der Waals surface area contributed by atoms with Gasteiger partial charge in [0.25, 0.3) is 0 Å². The second-order valence-electron chi connectivity index (χ2n) is 4.33. The monoisotopic (exact) mass is 259 g/mol. The lowest BCUT2D eigenvalue weighted by molar-refractivity contribution is -0.142. The average Bonchev–Trinajstić information content (AvgIpc) is 3.12. The quantitative estimate of drug-likeness (QED) is 0.603. The Kier molecular flexibility index (Phi) is 3.00. The molecule has 1 aliphatic heterocycles. The van der Waals surface area contributed by atoms with Crippen molar-refractivity contribution in [3.05, 3.63) is 47.8 Å². The van der Waals surface area contributed by atoms with Crippen molar-refractivity contribution in [1.29, 1.82) is 0 Å². The molecule has 1 fully saturated rings. The number of aromatic nitrogens is 3. The van der Waals surface area contributed by atoms with E-state index in [4.69, 9.17) is 4.74 Å². The number of hydrogen-bond donors (Lipinski definition) is 0. The highest BCUT2D eigenvalue weighted by molar-refractivity contribution is 5.78. The van der Waals surface area contributed by atoms with Crippen LogP contribution in [0.2, 0.25) is 0 Å². The third-order valence-corrected chi connectivity index (χ3v) is 2.96. The molecule has 0 amide bonds. The second-order valence-corrected chi connectivity index (χ2v) is 4.33. The third kappa shape index (κ3) is 2.48. The van der Waals surface area contributed by atoms with Gasteiger partial charge < -0.3 is 9.47 Å². The Labute approximate surface area is 109 Å². The normalized spacial score (nSPS) is 21.1. The molecule has 2 heterocycles. The van der Waals surface area contributed by atoms with Gasteiger partial charge in [-0.25, -0.2) is 9.48 Å². The van der Waals surface area contributed by atoms with E-state index in [0.29, 0.717) is 12.2 Å². The van der Waals surface area contributed by atoms with Crippen LogP contribution in [0.4, 0.5) is 0 Å². The van der Waals surface area contributed by atoms with E-state index in [0.717, 1.165) is 5.56 Å². The van der Waals surface area contributed by atoms with Crippen LogP contribution in [0.15, 0.2) is 36.5 Å². The van der Waals surface area contributed by atoms with E-state index in [-0.39, 0.29) is 12.1 Å². The van der Waals surface area contributed by atoms with Crippen LogP contribution in [0.25, 0.3) is 0 Å². The zero-order chi connectivity index (χ0) is 13.2. The van der Waals surface area contributed by atoms with E-state index in [1.165, 1.54) is 7.11 Å². The first-order valence-electron chi connectivity index (χ1n) is 5.95. The second kappa shape index (κ2) is 4.81. The maximum absolute atomic E-state index is 11.3. The molecular weight excluding hydrogens is 246 g/mol. The van der Waals surface area contributed by atoms with E-state index >= 15 is 0 Å². The van der Waals surface area contributed by atoms with Crippen molar-refractivity contribution in [2.45, 2.75) is 18.8 Å². The number of benzene rings is 1. The summed E-state index contributed by atoms with van der Waals surface area (Å²) in [6.45, 7) is 0.642. The molecule has 2 aromatic rings. The molecule has 1 aromatic heterocycles. The Morgan fingerprint density at radius 1 is 1.42 bits per heavy atom. The largest absolute Gasteiger partial charge is 0.467 e. The average molecular weight is 259 g/mol. The van der Waals surface area contributed by atoms with Gasteiger partial charge >= 0.3 is 5.97 Å². The van der Waals surface area contributed by atoms with Crippen molar-refractivity contribution in [3.8, 4) is 0 Å². The van der Waals surface area contributed by atoms with Crippen molar-refractivity contribution in [2.75, 3.05) is 7.11 Å². The molecule has 0 aliphatic carbocycles. The summed E-state index contributed by atoms with van der Waals surface area (Å²) in [6, 6.07) is 9.96. The summed E-state index contributed by atoms with van der Waals surface area (Å²) >= 11 is 0. The van der Waals surface area contributed by atoms with Gasteiger partial charge in [0, 0.05) is 0 Å². The van der Waals surface area contributed by atoms with Crippen molar-refractivity contribution < 1.29 is 14.3 Å². The summed E-state index contributed by atoms with van der Waals surface area (Å²) in [6.07, 6.45) is 0.935. The first-order valence-corrected chi connectivity index (χ1v) is 5.95. The smallest absolute Gasteiger partial charge is 0.338 e. The molecule has 1 aliphatic rings. The number of methoxy groups -OCH3 is 1. The highest BCUT2D eigenvalue weighted by Crippen LogP contribution is 2.37. The van der Waals surface area contributed by atoms with Crippen molar-refractivity contribution >= 4 is 5.97 Å². The van der Waals surface area contributed by atoms with E-state index in [2.05, 4.69) is 15.0 Å². The third-order valence-electron chi connectivity index (χ3n) is 2.96. The van der Waals surface area contributed by atoms with Gasteiger partial charge in [-0.05, 0) is 5.56 Å². The zero-order valence-electron chi connectivity index (χ0n) is 10.4. The summed E-state index contributed by atoms with van der Waals surface area (Å²) < 4.78 is 11.6. The zero-order valence-corrected chi connectivity index (χ0v) is 10.4. The van der Waals surface area contributed by atoms with Gasteiger partial charge in [0.2, 0.25) is 0 Å². The molecule has 0 N–H and O–H groups in total. The lowest BCUT2D eigenvalue weighted by Crippen LogP contribution is -2.09. The molecule has 19 heavy (non-hydrogen) atoms. The van der Waals surface area contributed by atoms with Crippen molar-refractivity contribution in [1.82, 2.24) is 15.0 Å². The number of rotatable bonds is 4. The minimum absolute atomic E-state index is 0.322. The van der Waals surface area contributed by atoms with E-state index in [1.54, 1.807) is 10.9 Å². The van der Waals surface area contributed by atoms with Crippen molar-refractivity contribution in [2.24, 2.45) is 0 Å². The first-order chi connectivity index (χ1) is 9.28. The van der Waals surface area contributed by atoms with Gasteiger partial charge in [-0.2, -0.15) is 0 Å². The predicted octanol–water partition coefficient (Wildman–Crippen LogP) is 0.939. The summed E-state index contributed by atoms with van der Waals surface area (Å²) in [5, 5.41) is 8.05. The molecule has 0 spiro atoms. The Hall–Kier alpha value is -2.21. The molecule has 1 aromatic carbocycles. The van der Waals surface area contributed by atoms with Gasteiger partial charge in [0.15, 0.2) is 6.10 Å². The van der Waals surface area contributed by atoms with E-state index in [9.17, 15) is 4.79 Å². The molecule has 1 saturated heterocycles. The number of ether oxygens (including phenoxy) is 2. The fourth-order valence-corrected chi connectivity index (χ4v) is 1.92. The fraction of sp³-hybridized carbons (Fsp3) is 0.308. The number of carbonyl (C=O) groups excluding carboxylic acids is 1. The predicted molar refractivity (Wildman–Crippen MR) is 65.2 cm³/mol. The Bertz CT molecular complexity index is 582. The summed E-state index contributed by atoms with van der Waals surface area (Å²) in [5.74, 6) is -0.373. The van der Waals surface area contributed by atoms with Gasteiger partial charge in [0.1, 0.15) is 11.8 Å². The number of esters is 1. The number of hydrogen-bond acceptors (Lipinski definition) is 5. The van der Waals surface area contributed by atoms with E-state index < -0.39 is 6.10 Å². The maximum Gasteiger partial charge on any atom is 0.338 e. The molecule has 0 saturated carbocycles. The standard InChI is InChI=1S/C13H13N3O3/c1-18-13(17)12-11(19-12)10-8-16(15-14-10)7-9-5-3-2-4-6-9/h2-6,8,11-12H,7H2,1H3. The molecule has 6 heteroatoms. The minimum Gasteiger partial charge on any atom is -0.467 e. The van der Waals surface area contributed by atoms with Crippen LogP contribution in [-0.4, -0.2) is 34.2 Å². The van der Waals surface area contributed by atoms with Crippen LogP contribution in [0, 0.1) is 0 Å². The first kappa shape index (κ1) is 11.9. The lowest BCUT2D eigenvalue weighted by Gasteiger charge is -1.99. The highest BCUT2D eigenvalue weighted by Gasteiger charge is 2.49. The molecular formula is C13H13N3O3. The number of carbonyl (C=O) groups is 1. The number of epoxide rings is 1. The van der Waals surface area contributed by atoms with Crippen LogP contribution in [0.3, 0.4) is 0 Å². The Morgan fingerprint density at radius 3 is 2.95 bits per heavy atom. The molecule has 0 bridgehead atoms. The maximum atomic E-state index is 11.3. The van der Waals surface area contributed by atoms with Gasteiger partial charge in [-0.15, -0.1) is 5.10 Å². The van der Waals surface area contributed by atoms with Crippen LogP contribution < -0.4 is 0 Å². The summed E-state index contributed by atoms with van der Waals surface area (Å²) in [5.41, 5.74) is 1.80. The SMILES string of the molecule is COC(=O)C1OC1c1cn(Cc2ccccc2)nn1. The lowest BCUT2D eigenvalue weighted by atomic mass is 10.2. The summed E-state index contributed by atoms with van der Waals surface area (Å²) in [7, 11) is 1.34. The van der Waals surface area contributed by atoms with Crippen LogP contribution in [0.1, 0.15) is 17.4 Å². The summed E-state index contributed by atoms with van der Waals surface area (Å²) in [4.78, 5) is 11.3. The topological polar surface area (TPSA) is 69.5 Å². The van der Waals surface area contributed by atoms with E-state index in [1.807, 2.05) is 30.3 Å². The van der Waals surface area contributed by atoms with Crippen LogP contribution in [-0.2, 0) is 20.8 Å². The Morgan fingerprint density at radius 2 is 2.21 bits per heavy atom. The highest BCUT2D eigenvalue weighted by atomic mass is 16.6. The molecule has 3 rings (SSSR count). The Balaban J connectivity index is 1.66. The van der Waals surface area contributed by atoms with Crippen molar-refractivity contribution in [3.63, 3.8) is 0 Å². The molecule has 2 unspecified atom stereocenters. The van der Waals surface area contributed by atoms with Gasteiger partial charge in [-0.3, -0.25) is 0 Å². The molecule has 6 nitrogen and oxygen atoms in total.